The maximum Gasteiger partial charge on any atom is 0.0873 e. The summed E-state index contributed by atoms with van der Waals surface area (Å²) in [7, 11) is 0. The van der Waals surface area contributed by atoms with Gasteiger partial charge in [0.15, 0.2) is 0 Å². The minimum atomic E-state index is 0.633. The number of hydrogen-bond donors (Lipinski definition) is 0. The fourth-order valence-electron chi connectivity index (χ4n) is 6.46. The molecule has 0 aromatic carbocycles. The summed E-state index contributed by atoms with van der Waals surface area (Å²) in [4.78, 5) is 0. The summed E-state index contributed by atoms with van der Waals surface area (Å²) in [5, 5.41) is 0. The molecule has 0 N–H and O–H groups in total. The van der Waals surface area contributed by atoms with Crippen molar-refractivity contribution in [3.63, 3.8) is 0 Å². The Morgan fingerprint density at radius 2 is 1.27 bits per heavy atom. The van der Waals surface area contributed by atoms with E-state index in [0.717, 1.165) is 25.0 Å². The van der Waals surface area contributed by atoms with Crippen molar-refractivity contribution in [3.05, 3.63) is 25.7 Å². The van der Waals surface area contributed by atoms with Crippen LogP contribution in [0.4, 0.5) is 0 Å². The van der Waals surface area contributed by atoms with Gasteiger partial charge in [-0.05, 0) is 86.9 Å². The third-order valence-corrected chi connectivity index (χ3v) is 6.48. The minimum Gasteiger partial charge on any atom is -0.502 e. The minimum absolute atomic E-state index is 0.633. The van der Waals surface area contributed by atoms with Gasteiger partial charge in [0, 0.05) is 0 Å². The van der Waals surface area contributed by atoms with Gasteiger partial charge in [-0.2, -0.15) is 0 Å². The quantitative estimate of drug-likeness (QED) is 0.394. The zero-order valence-corrected chi connectivity index (χ0v) is 14.0. The van der Waals surface area contributed by atoms with E-state index in [4.69, 9.17) is 9.47 Å². The van der Waals surface area contributed by atoms with E-state index < -0.39 is 0 Å². The van der Waals surface area contributed by atoms with Crippen LogP contribution in [-0.4, -0.2) is 13.2 Å². The Morgan fingerprint density at radius 3 is 1.68 bits per heavy atom. The molecule has 0 aromatic heterocycles. The Morgan fingerprint density at radius 1 is 0.818 bits per heavy atom. The smallest absolute Gasteiger partial charge is 0.0873 e. The lowest BCUT2D eigenvalue weighted by Gasteiger charge is -2.63. The van der Waals surface area contributed by atoms with E-state index in [1.54, 1.807) is 12.5 Å². The van der Waals surface area contributed by atoms with Gasteiger partial charge in [-0.1, -0.05) is 13.2 Å². The SMILES string of the molecule is C=COCCCC12CC3CC(C1)CC(CCCOC=C)(C3)C2. The van der Waals surface area contributed by atoms with E-state index in [1.807, 2.05) is 0 Å². The van der Waals surface area contributed by atoms with Crippen molar-refractivity contribution in [2.45, 2.75) is 64.2 Å². The summed E-state index contributed by atoms with van der Waals surface area (Å²) in [6, 6.07) is 0. The molecule has 0 aliphatic heterocycles. The Balaban J connectivity index is 1.59. The van der Waals surface area contributed by atoms with Crippen molar-refractivity contribution in [1.82, 2.24) is 0 Å². The van der Waals surface area contributed by atoms with Gasteiger partial charge in [0.05, 0.1) is 25.7 Å². The second kappa shape index (κ2) is 6.68. The van der Waals surface area contributed by atoms with Gasteiger partial charge >= 0.3 is 0 Å². The van der Waals surface area contributed by atoms with Gasteiger partial charge in [0.25, 0.3) is 0 Å². The monoisotopic (exact) mass is 304 g/mol. The van der Waals surface area contributed by atoms with E-state index in [-0.39, 0.29) is 0 Å². The molecule has 4 saturated carbocycles. The van der Waals surface area contributed by atoms with Gasteiger partial charge in [0.1, 0.15) is 0 Å². The van der Waals surface area contributed by atoms with Crippen molar-refractivity contribution >= 4 is 0 Å². The summed E-state index contributed by atoms with van der Waals surface area (Å²) in [6.45, 7) is 8.98. The van der Waals surface area contributed by atoms with Crippen LogP contribution in [0.2, 0.25) is 0 Å². The van der Waals surface area contributed by atoms with Crippen molar-refractivity contribution in [3.8, 4) is 0 Å². The van der Waals surface area contributed by atoms with Crippen LogP contribution in [0.25, 0.3) is 0 Å². The molecule has 4 bridgehead atoms. The Bertz CT molecular complexity index is 353. The molecule has 0 atom stereocenters. The molecule has 0 unspecified atom stereocenters. The van der Waals surface area contributed by atoms with Gasteiger partial charge in [-0.25, -0.2) is 0 Å². The van der Waals surface area contributed by atoms with E-state index in [0.29, 0.717) is 10.8 Å². The molecule has 2 nitrogen and oxygen atoms in total. The largest absolute Gasteiger partial charge is 0.502 e. The first-order valence-corrected chi connectivity index (χ1v) is 9.14. The molecule has 0 saturated heterocycles. The average molecular weight is 304 g/mol. The zero-order valence-electron chi connectivity index (χ0n) is 14.0. The van der Waals surface area contributed by atoms with E-state index in [2.05, 4.69) is 13.2 Å². The number of hydrogen-bond acceptors (Lipinski definition) is 2. The molecule has 4 aliphatic rings. The Hall–Kier alpha value is -0.920. The molecule has 4 rings (SSSR count). The third-order valence-electron chi connectivity index (χ3n) is 6.48. The normalized spacial score (nSPS) is 38.7. The highest BCUT2D eigenvalue weighted by Gasteiger charge is 2.56. The molecule has 0 spiro atoms. The molecule has 4 aliphatic carbocycles. The van der Waals surface area contributed by atoms with Crippen molar-refractivity contribution in [2.75, 3.05) is 13.2 Å². The van der Waals surface area contributed by atoms with Crippen LogP contribution < -0.4 is 0 Å². The molecule has 0 heterocycles. The van der Waals surface area contributed by atoms with Gasteiger partial charge in [-0.15, -0.1) is 0 Å². The highest BCUT2D eigenvalue weighted by Crippen LogP contribution is 2.67. The predicted molar refractivity (Wildman–Crippen MR) is 90.3 cm³/mol. The molecule has 0 amide bonds. The van der Waals surface area contributed by atoms with Crippen LogP contribution in [0.5, 0.6) is 0 Å². The standard InChI is InChI=1S/C20H32O2/c1-3-21-9-5-7-19-12-17-11-18(13-19)15-20(14-17,16-19)8-6-10-22-4-2/h3-4,17-18H,1-2,5-16H2. The first kappa shape index (κ1) is 16.0. The van der Waals surface area contributed by atoms with Crippen LogP contribution in [-0.2, 0) is 9.47 Å². The fraction of sp³-hybridized carbons (Fsp3) is 0.800. The molecule has 124 valence electrons. The van der Waals surface area contributed by atoms with Crippen LogP contribution >= 0.6 is 0 Å². The highest BCUT2D eigenvalue weighted by atomic mass is 16.5. The van der Waals surface area contributed by atoms with Gasteiger partial charge in [0.2, 0.25) is 0 Å². The van der Waals surface area contributed by atoms with E-state index >= 15 is 0 Å². The van der Waals surface area contributed by atoms with Crippen LogP contribution in [0.15, 0.2) is 25.7 Å². The van der Waals surface area contributed by atoms with Crippen molar-refractivity contribution < 1.29 is 9.47 Å². The van der Waals surface area contributed by atoms with E-state index in [9.17, 15) is 0 Å². The first-order chi connectivity index (χ1) is 10.7. The van der Waals surface area contributed by atoms with Gasteiger partial charge < -0.3 is 9.47 Å². The first-order valence-electron chi connectivity index (χ1n) is 9.14. The molecule has 2 heteroatoms. The van der Waals surface area contributed by atoms with Crippen molar-refractivity contribution in [1.29, 1.82) is 0 Å². The van der Waals surface area contributed by atoms with Crippen molar-refractivity contribution in [2.24, 2.45) is 22.7 Å². The zero-order chi connectivity index (χ0) is 15.5. The summed E-state index contributed by atoms with van der Waals surface area (Å²) in [6.07, 6.45) is 17.2. The lowest BCUT2D eigenvalue weighted by molar-refractivity contribution is -0.120. The second-order valence-electron chi connectivity index (χ2n) is 8.24. The summed E-state index contributed by atoms with van der Waals surface area (Å²) in [5.74, 6) is 2.00. The fourth-order valence-corrected chi connectivity index (χ4v) is 6.46. The van der Waals surface area contributed by atoms with Gasteiger partial charge in [-0.3, -0.25) is 0 Å². The third kappa shape index (κ3) is 3.36. The molecular weight excluding hydrogens is 272 g/mol. The van der Waals surface area contributed by atoms with E-state index in [1.165, 1.54) is 64.2 Å². The topological polar surface area (TPSA) is 18.5 Å². The number of ether oxygens (including phenoxy) is 2. The summed E-state index contributed by atoms with van der Waals surface area (Å²) < 4.78 is 10.7. The molecule has 4 fully saturated rings. The Kier molecular flexibility index (Phi) is 4.84. The van der Waals surface area contributed by atoms with Crippen LogP contribution in [0.3, 0.4) is 0 Å². The highest BCUT2D eigenvalue weighted by molar-refractivity contribution is 5.07. The summed E-state index contributed by atoms with van der Waals surface area (Å²) >= 11 is 0. The lowest BCUT2D eigenvalue weighted by atomic mass is 9.42. The number of rotatable bonds is 10. The summed E-state index contributed by atoms with van der Waals surface area (Å²) in [5.41, 5.74) is 1.27. The average Bonchev–Trinajstić information content (AvgIpc) is 2.47. The van der Waals surface area contributed by atoms with Crippen LogP contribution in [0.1, 0.15) is 64.2 Å². The maximum absolute atomic E-state index is 5.35. The van der Waals surface area contributed by atoms with Crippen LogP contribution in [0, 0.1) is 22.7 Å². The molecular formula is C20H32O2. The lowest BCUT2D eigenvalue weighted by Crippen LogP contribution is -2.52. The Labute approximate surface area is 136 Å². The molecule has 22 heavy (non-hydrogen) atoms. The molecule has 0 aromatic rings. The second-order valence-corrected chi connectivity index (χ2v) is 8.24. The maximum atomic E-state index is 5.35. The predicted octanol–water partition coefficient (Wildman–Crippen LogP) is 5.45. The molecule has 0 radical (unpaired) electrons.